The summed E-state index contributed by atoms with van der Waals surface area (Å²) in [6.07, 6.45) is 5.51. The second-order valence-corrected chi connectivity index (χ2v) is 13.7. The van der Waals surface area contributed by atoms with Gasteiger partial charge in [-0.3, -0.25) is 0 Å². The van der Waals surface area contributed by atoms with Crippen molar-refractivity contribution in [3.63, 3.8) is 0 Å². The lowest BCUT2D eigenvalue weighted by Crippen LogP contribution is -2.31. The zero-order chi connectivity index (χ0) is 34.9. The van der Waals surface area contributed by atoms with Gasteiger partial charge in [0, 0.05) is 39.5 Å². The standard InChI is InChI=1S/C50H39NO/c1-36-16-14-25-45-46-26-15-27-47(49(46)52-48(36)45)50(39-19-8-3-9-20-39,40-21-10-4-11-22-40)41-30-34-44(35-31-41)51(42-23-12-5-13-24-42)43-32-28-38(29-33-43)37-17-6-2-7-18-37/h2-15,17-36H,16H2,1H3. The van der Waals surface area contributed by atoms with Gasteiger partial charge in [-0.05, 0) is 70.6 Å². The van der Waals surface area contributed by atoms with Crippen LogP contribution in [-0.4, -0.2) is 0 Å². The summed E-state index contributed by atoms with van der Waals surface area (Å²) in [4.78, 5) is 2.33. The molecule has 7 aromatic carbocycles. The number of hydrogen-bond donors (Lipinski definition) is 0. The highest BCUT2D eigenvalue weighted by atomic mass is 16.3. The number of hydrogen-bond acceptors (Lipinski definition) is 2. The summed E-state index contributed by atoms with van der Waals surface area (Å²) in [5.74, 6) is 1.40. The Bertz CT molecular complexity index is 2420. The molecule has 0 N–H and O–H groups in total. The van der Waals surface area contributed by atoms with Gasteiger partial charge in [0.1, 0.15) is 11.3 Å². The Morgan fingerprint density at radius 1 is 0.500 bits per heavy atom. The van der Waals surface area contributed by atoms with Crippen molar-refractivity contribution in [2.75, 3.05) is 4.90 Å². The summed E-state index contributed by atoms with van der Waals surface area (Å²) in [6.45, 7) is 2.26. The second-order valence-electron chi connectivity index (χ2n) is 13.7. The third kappa shape index (κ3) is 5.36. The summed E-state index contributed by atoms with van der Waals surface area (Å²) < 4.78 is 6.96. The second kappa shape index (κ2) is 13.4. The zero-order valence-electron chi connectivity index (χ0n) is 29.2. The molecule has 2 nitrogen and oxygen atoms in total. The normalized spacial score (nSPS) is 13.9. The quantitative estimate of drug-likeness (QED) is 0.150. The van der Waals surface area contributed by atoms with Gasteiger partial charge in [0.15, 0.2) is 0 Å². The molecule has 1 aliphatic rings. The molecular formula is C50H39NO. The van der Waals surface area contributed by atoms with Crippen molar-refractivity contribution >= 4 is 34.1 Å². The fourth-order valence-corrected chi connectivity index (χ4v) is 8.15. The lowest BCUT2D eigenvalue weighted by Gasteiger charge is -2.37. The maximum absolute atomic E-state index is 6.96. The van der Waals surface area contributed by atoms with Gasteiger partial charge in [-0.1, -0.05) is 171 Å². The summed E-state index contributed by atoms with van der Waals surface area (Å²) in [5.41, 5.74) is 11.9. The molecule has 0 spiro atoms. The van der Waals surface area contributed by atoms with Crippen LogP contribution in [-0.2, 0) is 5.41 Å². The molecule has 1 atom stereocenters. The molecular weight excluding hydrogens is 631 g/mol. The van der Waals surface area contributed by atoms with E-state index in [0.29, 0.717) is 5.92 Å². The summed E-state index contributed by atoms with van der Waals surface area (Å²) in [6, 6.07) is 67.7. The summed E-state index contributed by atoms with van der Waals surface area (Å²) >= 11 is 0. The largest absolute Gasteiger partial charge is 0.460 e. The van der Waals surface area contributed by atoms with Gasteiger partial charge in [-0.2, -0.15) is 0 Å². The van der Waals surface area contributed by atoms with E-state index in [-0.39, 0.29) is 0 Å². The van der Waals surface area contributed by atoms with Gasteiger partial charge in [-0.25, -0.2) is 0 Å². The number of furan rings is 1. The minimum Gasteiger partial charge on any atom is -0.460 e. The average molecular weight is 670 g/mol. The number of allylic oxidation sites excluding steroid dienone is 1. The van der Waals surface area contributed by atoms with E-state index in [9.17, 15) is 0 Å². The van der Waals surface area contributed by atoms with E-state index in [0.717, 1.165) is 45.8 Å². The maximum atomic E-state index is 6.96. The fourth-order valence-electron chi connectivity index (χ4n) is 8.15. The molecule has 0 radical (unpaired) electrons. The predicted octanol–water partition coefficient (Wildman–Crippen LogP) is 13.5. The first-order chi connectivity index (χ1) is 25.7. The van der Waals surface area contributed by atoms with E-state index in [1.54, 1.807) is 0 Å². The lowest BCUT2D eigenvalue weighted by atomic mass is 9.64. The van der Waals surface area contributed by atoms with Crippen molar-refractivity contribution in [1.29, 1.82) is 0 Å². The van der Waals surface area contributed by atoms with Crippen LogP contribution in [0.2, 0.25) is 0 Å². The van der Waals surface area contributed by atoms with Gasteiger partial charge in [0.05, 0.1) is 5.41 Å². The van der Waals surface area contributed by atoms with Crippen molar-refractivity contribution in [2.45, 2.75) is 24.7 Å². The Kier molecular flexibility index (Phi) is 8.14. The van der Waals surface area contributed by atoms with Crippen molar-refractivity contribution in [1.82, 2.24) is 0 Å². The molecule has 1 aliphatic carbocycles. The predicted molar refractivity (Wildman–Crippen MR) is 217 cm³/mol. The van der Waals surface area contributed by atoms with Crippen LogP contribution in [0.15, 0.2) is 199 Å². The van der Waals surface area contributed by atoms with Crippen LogP contribution in [0.3, 0.4) is 0 Å². The molecule has 52 heavy (non-hydrogen) atoms. The lowest BCUT2D eigenvalue weighted by molar-refractivity contribution is 0.498. The van der Waals surface area contributed by atoms with Gasteiger partial charge < -0.3 is 9.32 Å². The third-order valence-electron chi connectivity index (χ3n) is 10.6. The third-order valence-corrected chi connectivity index (χ3v) is 10.6. The minimum absolute atomic E-state index is 0.327. The van der Waals surface area contributed by atoms with Crippen LogP contribution in [0, 0.1) is 0 Å². The highest BCUT2D eigenvalue weighted by Crippen LogP contribution is 2.50. The van der Waals surface area contributed by atoms with Crippen LogP contribution in [0.25, 0.3) is 28.2 Å². The molecule has 250 valence electrons. The molecule has 0 fully saturated rings. The topological polar surface area (TPSA) is 16.4 Å². The molecule has 1 unspecified atom stereocenters. The Morgan fingerprint density at radius 2 is 1.00 bits per heavy atom. The molecule has 8 aromatic rings. The SMILES string of the molecule is CC1CC=Cc2c1oc1c(C(c3ccccc3)(c3ccccc3)c3ccc(N(c4ccccc4)c4ccc(-c5ccccc5)cc4)cc3)cccc21. The van der Waals surface area contributed by atoms with Gasteiger partial charge in [0.25, 0.3) is 0 Å². The van der Waals surface area contributed by atoms with Crippen LogP contribution < -0.4 is 4.90 Å². The first kappa shape index (κ1) is 31.6. The summed E-state index contributed by atoms with van der Waals surface area (Å²) in [7, 11) is 0. The van der Waals surface area contributed by atoms with Crippen molar-refractivity contribution < 1.29 is 4.42 Å². The van der Waals surface area contributed by atoms with Gasteiger partial charge in [0.2, 0.25) is 0 Å². The molecule has 1 heterocycles. The number of anilines is 3. The maximum Gasteiger partial charge on any atom is 0.139 e. The van der Waals surface area contributed by atoms with Crippen molar-refractivity contribution in [2.24, 2.45) is 0 Å². The van der Waals surface area contributed by atoms with Crippen molar-refractivity contribution in [3.8, 4) is 11.1 Å². The zero-order valence-corrected chi connectivity index (χ0v) is 29.2. The highest BCUT2D eigenvalue weighted by molar-refractivity contribution is 5.93. The Balaban J connectivity index is 1.24. The fraction of sp³-hybridized carbons (Fsp3) is 0.0800. The number of benzene rings is 7. The molecule has 0 saturated heterocycles. The van der Waals surface area contributed by atoms with Crippen LogP contribution in [0.4, 0.5) is 17.1 Å². The molecule has 2 heteroatoms. The molecule has 9 rings (SSSR count). The smallest absolute Gasteiger partial charge is 0.139 e. The number of rotatable bonds is 8. The first-order valence-corrected chi connectivity index (χ1v) is 18.2. The number of para-hydroxylation sites is 2. The number of fused-ring (bicyclic) bond motifs is 3. The Hall–Kier alpha value is -6.38. The van der Waals surface area contributed by atoms with E-state index >= 15 is 0 Å². The summed E-state index contributed by atoms with van der Waals surface area (Å²) in [5, 5.41) is 1.16. The highest BCUT2D eigenvalue weighted by Gasteiger charge is 2.41. The molecule has 0 amide bonds. The molecule has 1 aromatic heterocycles. The van der Waals surface area contributed by atoms with Crippen LogP contribution in [0.5, 0.6) is 0 Å². The van der Waals surface area contributed by atoms with Gasteiger partial charge in [-0.15, -0.1) is 0 Å². The van der Waals surface area contributed by atoms with E-state index in [1.165, 1.54) is 33.4 Å². The molecule has 0 aliphatic heterocycles. The molecule has 0 bridgehead atoms. The van der Waals surface area contributed by atoms with E-state index < -0.39 is 5.41 Å². The minimum atomic E-state index is -0.650. The van der Waals surface area contributed by atoms with Crippen molar-refractivity contribution in [3.05, 3.63) is 228 Å². The Labute approximate surface area is 306 Å². The monoisotopic (exact) mass is 669 g/mol. The Morgan fingerprint density at radius 3 is 1.62 bits per heavy atom. The van der Waals surface area contributed by atoms with Crippen LogP contribution in [0.1, 0.15) is 52.8 Å². The molecule has 0 saturated carbocycles. The van der Waals surface area contributed by atoms with Gasteiger partial charge >= 0.3 is 0 Å². The number of nitrogens with zero attached hydrogens (tertiary/aromatic N) is 1. The van der Waals surface area contributed by atoms with E-state index in [1.807, 2.05) is 0 Å². The van der Waals surface area contributed by atoms with E-state index in [2.05, 4.69) is 212 Å². The average Bonchev–Trinajstić information content (AvgIpc) is 3.61. The van der Waals surface area contributed by atoms with Crippen LogP contribution >= 0.6 is 0 Å². The van der Waals surface area contributed by atoms with E-state index in [4.69, 9.17) is 4.42 Å². The first-order valence-electron chi connectivity index (χ1n) is 18.2.